The zero-order valence-corrected chi connectivity index (χ0v) is 10.1. The second kappa shape index (κ2) is 5.54. The van der Waals surface area contributed by atoms with Crippen LogP contribution in [0, 0.1) is 0 Å². The van der Waals surface area contributed by atoms with Gasteiger partial charge in [-0.3, -0.25) is 9.59 Å². The number of rotatable bonds is 4. The fourth-order valence-electron chi connectivity index (χ4n) is 1.19. The molecular weight excluding hydrogens is 246 g/mol. The van der Waals surface area contributed by atoms with Crippen molar-refractivity contribution in [2.45, 2.75) is 13.0 Å². The predicted octanol–water partition coefficient (Wildman–Crippen LogP) is 1.55. The van der Waals surface area contributed by atoms with Gasteiger partial charge in [0.1, 0.15) is 11.8 Å². The molecule has 17 heavy (non-hydrogen) atoms. The van der Waals surface area contributed by atoms with Gasteiger partial charge in [-0.2, -0.15) is 0 Å². The van der Waals surface area contributed by atoms with Gasteiger partial charge in [0.25, 0.3) is 5.91 Å². The highest BCUT2D eigenvalue weighted by Gasteiger charge is 2.18. The van der Waals surface area contributed by atoms with Crippen LogP contribution in [0.25, 0.3) is 0 Å². The first kappa shape index (κ1) is 13.3. The lowest BCUT2D eigenvalue weighted by atomic mass is 10.1. The molecule has 0 aliphatic heterocycles. The first-order valence-corrected chi connectivity index (χ1v) is 5.20. The first-order chi connectivity index (χ1) is 7.95. The molecule has 1 aromatic carbocycles. The minimum Gasteiger partial charge on any atom is -0.496 e. The zero-order chi connectivity index (χ0) is 13.0. The van der Waals surface area contributed by atoms with Gasteiger partial charge in [-0.15, -0.1) is 0 Å². The van der Waals surface area contributed by atoms with Gasteiger partial charge in [0.05, 0.1) is 12.7 Å². The fourth-order valence-corrected chi connectivity index (χ4v) is 1.35. The molecule has 1 rings (SSSR count). The molecule has 1 amide bonds. The Bertz CT molecular complexity index is 447. The number of hydrogen-bond donors (Lipinski definition) is 2. The van der Waals surface area contributed by atoms with E-state index in [0.717, 1.165) is 0 Å². The molecule has 1 unspecified atom stereocenters. The summed E-state index contributed by atoms with van der Waals surface area (Å²) in [5, 5.41) is 11.4. The Labute approximate surface area is 103 Å². The van der Waals surface area contributed by atoms with E-state index in [0.29, 0.717) is 10.8 Å². The number of carboxylic acid groups (broad SMARTS) is 1. The zero-order valence-electron chi connectivity index (χ0n) is 9.36. The minimum atomic E-state index is -1.11. The molecule has 0 heterocycles. The summed E-state index contributed by atoms with van der Waals surface area (Å²) in [5.74, 6) is -1.33. The first-order valence-electron chi connectivity index (χ1n) is 4.83. The number of nitrogens with one attached hydrogen (secondary N) is 1. The molecule has 1 atom stereocenters. The lowest BCUT2D eigenvalue weighted by Gasteiger charge is -2.12. The van der Waals surface area contributed by atoms with Crippen molar-refractivity contribution >= 4 is 23.5 Å². The highest BCUT2D eigenvalue weighted by atomic mass is 35.5. The number of carbonyl (C=O) groups is 2. The van der Waals surface area contributed by atoms with E-state index >= 15 is 0 Å². The SMILES string of the molecule is COc1cc(Cl)ccc1C(=O)NC(C)C(=O)O. The third-order valence-electron chi connectivity index (χ3n) is 2.13. The predicted molar refractivity (Wildman–Crippen MR) is 62.6 cm³/mol. The molecule has 0 spiro atoms. The van der Waals surface area contributed by atoms with Crippen LogP contribution in [0.4, 0.5) is 0 Å². The summed E-state index contributed by atoms with van der Waals surface area (Å²) in [6.45, 7) is 1.38. The molecule has 0 fully saturated rings. The summed E-state index contributed by atoms with van der Waals surface area (Å²) < 4.78 is 5.00. The topological polar surface area (TPSA) is 75.6 Å². The normalized spacial score (nSPS) is 11.7. The standard InChI is InChI=1S/C11H12ClNO4/c1-6(11(15)16)13-10(14)8-4-3-7(12)5-9(8)17-2/h3-6H,1-2H3,(H,13,14)(H,15,16). The summed E-state index contributed by atoms with van der Waals surface area (Å²) in [6, 6.07) is 3.53. The lowest BCUT2D eigenvalue weighted by Crippen LogP contribution is -2.38. The quantitative estimate of drug-likeness (QED) is 0.858. The highest BCUT2D eigenvalue weighted by Crippen LogP contribution is 2.22. The van der Waals surface area contributed by atoms with Crippen LogP contribution in [0.2, 0.25) is 5.02 Å². The molecule has 0 aliphatic carbocycles. The van der Waals surface area contributed by atoms with Gasteiger partial charge in [-0.05, 0) is 25.1 Å². The third kappa shape index (κ3) is 3.35. The maximum absolute atomic E-state index is 11.8. The lowest BCUT2D eigenvalue weighted by molar-refractivity contribution is -0.138. The molecule has 0 aliphatic rings. The fraction of sp³-hybridized carbons (Fsp3) is 0.273. The Morgan fingerprint density at radius 2 is 2.12 bits per heavy atom. The largest absolute Gasteiger partial charge is 0.496 e. The van der Waals surface area contributed by atoms with Crippen molar-refractivity contribution in [2.24, 2.45) is 0 Å². The Hall–Kier alpha value is -1.75. The van der Waals surface area contributed by atoms with Gasteiger partial charge in [0, 0.05) is 5.02 Å². The average molecular weight is 258 g/mol. The van der Waals surface area contributed by atoms with E-state index in [9.17, 15) is 9.59 Å². The molecule has 0 bridgehead atoms. The van der Waals surface area contributed by atoms with Gasteiger partial charge in [0.15, 0.2) is 0 Å². The van der Waals surface area contributed by atoms with E-state index < -0.39 is 17.9 Å². The average Bonchev–Trinajstić information content (AvgIpc) is 2.28. The summed E-state index contributed by atoms with van der Waals surface area (Å²) in [7, 11) is 1.41. The number of amides is 1. The van der Waals surface area contributed by atoms with Crippen LogP contribution in [0.1, 0.15) is 17.3 Å². The molecule has 92 valence electrons. The van der Waals surface area contributed by atoms with Gasteiger partial charge in [-0.25, -0.2) is 0 Å². The Morgan fingerprint density at radius 3 is 2.65 bits per heavy atom. The van der Waals surface area contributed by atoms with Crippen molar-refractivity contribution < 1.29 is 19.4 Å². The van der Waals surface area contributed by atoms with Crippen molar-refractivity contribution in [3.05, 3.63) is 28.8 Å². The molecule has 6 heteroatoms. The number of ether oxygens (including phenoxy) is 1. The van der Waals surface area contributed by atoms with Crippen molar-refractivity contribution in [1.82, 2.24) is 5.32 Å². The van der Waals surface area contributed by atoms with Crippen LogP contribution in [-0.4, -0.2) is 30.1 Å². The van der Waals surface area contributed by atoms with E-state index in [1.165, 1.54) is 32.2 Å². The molecule has 5 nitrogen and oxygen atoms in total. The highest BCUT2D eigenvalue weighted by molar-refractivity contribution is 6.30. The Kier molecular flexibility index (Phi) is 4.34. The Morgan fingerprint density at radius 1 is 1.47 bits per heavy atom. The molecule has 0 radical (unpaired) electrons. The molecule has 0 aromatic heterocycles. The number of carboxylic acids is 1. The molecular formula is C11H12ClNO4. The number of benzene rings is 1. The number of methoxy groups -OCH3 is 1. The summed E-state index contributed by atoms with van der Waals surface area (Å²) >= 11 is 5.75. The van der Waals surface area contributed by atoms with Gasteiger partial charge >= 0.3 is 5.97 Å². The van der Waals surface area contributed by atoms with Gasteiger partial charge in [0.2, 0.25) is 0 Å². The van der Waals surface area contributed by atoms with Gasteiger partial charge < -0.3 is 15.2 Å². The maximum atomic E-state index is 11.8. The monoisotopic (exact) mass is 257 g/mol. The maximum Gasteiger partial charge on any atom is 0.325 e. The van der Waals surface area contributed by atoms with E-state index in [2.05, 4.69) is 5.32 Å². The summed E-state index contributed by atoms with van der Waals surface area (Å²) in [4.78, 5) is 22.4. The van der Waals surface area contributed by atoms with Gasteiger partial charge in [-0.1, -0.05) is 11.6 Å². The van der Waals surface area contributed by atoms with Crippen LogP contribution in [0.5, 0.6) is 5.75 Å². The molecule has 2 N–H and O–H groups in total. The summed E-state index contributed by atoms with van der Waals surface area (Å²) in [5.41, 5.74) is 0.241. The van der Waals surface area contributed by atoms with Crippen LogP contribution in [0.15, 0.2) is 18.2 Å². The Balaban J connectivity index is 2.92. The van der Waals surface area contributed by atoms with E-state index in [1.807, 2.05) is 0 Å². The van der Waals surface area contributed by atoms with E-state index in [-0.39, 0.29) is 5.56 Å². The van der Waals surface area contributed by atoms with Crippen LogP contribution < -0.4 is 10.1 Å². The minimum absolute atomic E-state index is 0.241. The van der Waals surface area contributed by atoms with E-state index in [4.69, 9.17) is 21.4 Å². The number of hydrogen-bond acceptors (Lipinski definition) is 3. The van der Waals surface area contributed by atoms with Crippen LogP contribution in [0.3, 0.4) is 0 Å². The van der Waals surface area contributed by atoms with Crippen LogP contribution in [-0.2, 0) is 4.79 Å². The van der Waals surface area contributed by atoms with Crippen molar-refractivity contribution in [1.29, 1.82) is 0 Å². The third-order valence-corrected chi connectivity index (χ3v) is 2.36. The van der Waals surface area contributed by atoms with Crippen LogP contribution >= 0.6 is 11.6 Å². The number of carbonyl (C=O) groups excluding carboxylic acids is 1. The molecule has 0 saturated heterocycles. The number of halogens is 1. The van der Waals surface area contributed by atoms with Crippen molar-refractivity contribution in [2.75, 3.05) is 7.11 Å². The molecule has 0 saturated carbocycles. The molecule has 1 aromatic rings. The van der Waals surface area contributed by atoms with E-state index in [1.54, 1.807) is 0 Å². The summed E-state index contributed by atoms with van der Waals surface area (Å²) in [6.07, 6.45) is 0. The smallest absolute Gasteiger partial charge is 0.325 e. The second-order valence-electron chi connectivity index (χ2n) is 3.38. The van der Waals surface area contributed by atoms with Crippen molar-refractivity contribution in [3.63, 3.8) is 0 Å². The van der Waals surface area contributed by atoms with Crippen molar-refractivity contribution in [3.8, 4) is 5.75 Å². The second-order valence-corrected chi connectivity index (χ2v) is 3.81. The number of aliphatic carboxylic acids is 1.